The highest BCUT2D eigenvalue weighted by atomic mass is 35.5. The number of amidine groups is 1. The summed E-state index contributed by atoms with van der Waals surface area (Å²) in [7, 11) is 0. The molecule has 4 rings (SSSR count). The average Bonchev–Trinajstić information content (AvgIpc) is 3.12. The van der Waals surface area contributed by atoms with E-state index in [1.165, 1.54) is 23.9 Å². The zero-order valence-corrected chi connectivity index (χ0v) is 19.2. The molecule has 1 fully saturated rings. The number of amides is 1. The molecule has 0 aliphatic carbocycles. The number of rotatable bonds is 6. The fraction of sp³-hybridized carbons (Fsp3) is 0.0417. The van der Waals surface area contributed by atoms with E-state index in [9.17, 15) is 9.59 Å². The van der Waals surface area contributed by atoms with Crippen LogP contribution in [0.5, 0.6) is 5.75 Å². The van der Waals surface area contributed by atoms with E-state index in [1.807, 2.05) is 30.3 Å². The Morgan fingerprint density at radius 1 is 1.06 bits per heavy atom. The van der Waals surface area contributed by atoms with Crippen LogP contribution in [0.4, 0.5) is 5.69 Å². The lowest BCUT2D eigenvalue weighted by molar-refractivity contribution is -0.115. The maximum atomic E-state index is 12.3. The van der Waals surface area contributed by atoms with Crippen LogP contribution in [0, 0.1) is 0 Å². The number of carboxylic acid groups (broad SMARTS) is 1. The van der Waals surface area contributed by atoms with Gasteiger partial charge >= 0.3 is 5.97 Å². The normalized spacial score (nSPS) is 15.6. The largest absolute Gasteiger partial charge is 0.486 e. The number of carboxylic acids is 1. The van der Waals surface area contributed by atoms with E-state index in [0.717, 1.165) is 11.3 Å². The maximum absolute atomic E-state index is 12.3. The molecule has 0 saturated carbocycles. The Hall–Kier alpha value is -3.26. The standard InChI is InChI=1S/C24H16Cl2N2O4S/c25-18-10-15(12-20-22(29)28-24(33-20)27-17-4-2-1-3-5-17)11-19(26)21(18)32-13-14-6-8-16(9-7-14)23(30)31/h1-12H,13H2,(H,30,31)(H,27,28,29)/b20-12-. The molecular weight excluding hydrogens is 483 g/mol. The van der Waals surface area contributed by atoms with Crippen LogP contribution in [0.15, 0.2) is 76.6 Å². The number of hydrogen-bond donors (Lipinski definition) is 2. The number of carbonyl (C=O) groups excluding carboxylic acids is 1. The Bertz CT molecular complexity index is 1250. The van der Waals surface area contributed by atoms with Crippen molar-refractivity contribution in [3.05, 3.63) is 98.4 Å². The predicted octanol–water partition coefficient (Wildman–Crippen LogP) is 6.16. The van der Waals surface area contributed by atoms with Gasteiger partial charge in [-0.15, -0.1) is 0 Å². The number of nitrogens with one attached hydrogen (secondary N) is 1. The topological polar surface area (TPSA) is 88.0 Å². The highest BCUT2D eigenvalue weighted by Gasteiger charge is 2.24. The molecule has 6 nitrogen and oxygen atoms in total. The van der Waals surface area contributed by atoms with Gasteiger partial charge in [-0.2, -0.15) is 0 Å². The van der Waals surface area contributed by atoms with Crippen molar-refractivity contribution in [1.29, 1.82) is 0 Å². The van der Waals surface area contributed by atoms with E-state index >= 15 is 0 Å². The summed E-state index contributed by atoms with van der Waals surface area (Å²) in [6.45, 7) is 0.164. The predicted molar refractivity (Wildman–Crippen MR) is 131 cm³/mol. The molecule has 1 amide bonds. The minimum absolute atomic E-state index is 0.164. The second-order valence-electron chi connectivity index (χ2n) is 6.92. The van der Waals surface area contributed by atoms with Crippen molar-refractivity contribution in [1.82, 2.24) is 5.32 Å². The van der Waals surface area contributed by atoms with Gasteiger partial charge in [-0.1, -0.05) is 53.5 Å². The number of halogens is 2. The van der Waals surface area contributed by atoms with Crippen molar-refractivity contribution >= 4 is 63.8 Å². The van der Waals surface area contributed by atoms with Gasteiger partial charge in [0.2, 0.25) is 0 Å². The molecule has 0 atom stereocenters. The van der Waals surface area contributed by atoms with E-state index in [4.69, 9.17) is 33.0 Å². The van der Waals surface area contributed by atoms with Crippen molar-refractivity contribution in [2.75, 3.05) is 0 Å². The molecule has 33 heavy (non-hydrogen) atoms. The van der Waals surface area contributed by atoms with Crippen molar-refractivity contribution < 1.29 is 19.4 Å². The molecule has 0 bridgehead atoms. The summed E-state index contributed by atoms with van der Waals surface area (Å²) in [5, 5.41) is 12.8. The Morgan fingerprint density at radius 2 is 1.73 bits per heavy atom. The fourth-order valence-corrected chi connectivity index (χ4v) is 4.41. The number of ether oxygens (including phenoxy) is 1. The first-order chi connectivity index (χ1) is 15.9. The van der Waals surface area contributed by atoms with Gasteiger partial charge < -0.3 is 15.2 Å². The molecular formula is C24H16Cl2N2O4S. The number of aromatic carboxylic acids is 1. The Morgan fingerprint density at radius 3 is 2.36 bits per heavy atom. The van der Waals surface area contributed by atoms with Gasteiger partial charge in [0, 0.05) is 0 Å². The summed E-state index contributed by atoms with van der Waals surface area (Å²) in [5.74, 6) is -0.949. The number of thioether (sulfide) groups is 1. The minimum atomic E-state index is -0.995. The van der Waals surface area contributed by atoms with E-state index in [-0.39, 0.29) is 28.1 Å². The highest BCUT2D eigenvalue weighted by molar-refractivity contribution is 8.18. The van der Waals surface area contributed by atoms with E-state index in [2.05, 4.69) is 10.3 Å². The van der Waals surface area contributed by atoms with Gasteiger partial charge in [-0.3, -0.25) is 4.79 Å². The summed E-state index contributed by atoms with van der Waals surface area (Å²) in [5.41, 5.74) is 2.34. The number of hydrogen-bond acceptors (Lipinski definition) is 5. The van der Waals surface area contributed by atoms with Crippen LogP contribution in [0.1, 0.15) is 21.5 Å². The lowest BCUT2D eigenvalue weighted by atomic mass is 10.1. The molecule has 1 saturated heterocycles. The minimum Gasteiger partial charge on any atom is -0.486 e. The molecule has 0 aromatic heterocycles. The van der Waals surface area contributed by atoms with Gasteiger partial charge in [0.15, 0.2) is 10.9 Å². The quantitative estimate of drug-likeness (QED) is 0.397. The Kier molecular flexibility index (Phi) is 7.03. The summed E-state index contributed by atoms with van der Waals surface area (Å²) in [6, 6.07) is 19.0. The average molecular weight is 499 g/mol. The SMILES string of the molecule is O=C1NC(=Nc2ccccc2)S/C1=C\c1cc(Cl)c(OCc2ccc(C(=O)O)cc2)c(Cl)c1. The van der Waals surface area contributed by atoms with Crippen LogP contribution in [0.2, 0.25) is 10.0 Å². The molecule has 9 heteroatoms. The van der Waals surface area contributed by atoms with Crippen LogP contribution in [-0.4, -0.2) is 22.2 Å². The van der Waals surface area contributed by atoms with Gasteiger partial charge in [0.1, 0.15) is 6.61 Å². The van der Waals surface area contributed by atoms with Crippen molar-refractivity contribution in [3.63, 3.8) is 0 Å². The first kappa shape index (κ1) is 22.9. The summed E-state index contributed by atoms with van der Waals surface area (Å²) < 4.78 is 5.75. The molecule has 166 valence electrons. The van der Waals surface area contributed by atoms with E-state index in [0.29, 0.717) is 21.4 Å². The van der Waals surface area contributed by atoms with E-state index in [1.54, 1.807) is 30.3 Å². The number of para-hydroxylation sites is 1. The van der Waals surface area contributed by atoms with E-state index < -0.39 is 5.97 Å². The van der Waals surface area contributed by atoms with Crippen LogP contribution in [-0.2, 0) is 11.4 Å². The molecule has 2 N–H and O–H groups in total. The number of carbonyl (C=O) groups is 2. The third-order valence-electron chi connectivity index (χ3n) is 4.54. The summed E-state index contributed by atoms with van der Waals surface area (Å²) in [6.07, 6.45) is 1.68. The summed E-state index contributed by atoms with van der Waals surface area (Å²) >= 11 is 14.0. The number of aliphatic imine (C=N–C) groups is 1. The fourth-order valence-electron chi connectivity index (χ4n) is 2.95. The number of nitrogens with zero attached hydrogens (tertiary/aromatic N) is 1. The maximum Gasteiger partial charge on any atom is 0.335 e. The lowest BCUT2D eigenvalue weighted by Gasteiger charge is -2.11. The Balaban J connectivity index is 1.47. The second kappa shape index (κ2) is 10.1. The third-order valence-corrected chi connectivity index (χ3v) is 6.01. The van der Waals surface area contributed by atoms with Crippen LogP contribution in [0.25, 0.3) is 6.08 Å². The molecule has 0 radical (unpaired) electrons. The zero-order chi connectivity index (χ0) is 23.4. The van der Waals surface area contributed by atoms with Gasteiger partial charge in [-0.05, 0) is 65.4 Å². The molecule has 1 aliphatic heterocycles. The molecule has 1 aliphatic rings. The lowest BCUT2D eigenvalue weighted by Crippen LogP contribution is -2.19. The van der Waals surface area contributed by atoms with Crippen molar-refractivity contribution in [2.45, 2.75) is 6.61 Å². The molecule has 0 unspecified atom stereocenters. The first-order valence-corrected chi connectivity index (χ1v) is 11.2. The van der Waals surface area contributed by atoms with Crippen LogP contribution >= 0.6 is 35.0 Å². The smallest absolute Gasteiger partial charge is 0.335 e. The van der Waals surface area contributed by atoms with Crippen molar-refractivity contribution in [3.8, 4) is 5.75 Å². The molecule has 3 aromatic rings. The molecule has 1 heterocycles. The number of benzene rings is 3. The zero-order valence-electron chi connectivity index (χ0n) is 16.9. The summed E-state index contributed by atoms with van der Waals surface area (Å²) in [4.78, 5) is 28.2. The van der Waals surface area contributed by atoms with Crippen LogP contribution in [0.3, 0.4) is 0 Å². The van der Waals surface area contributed by atoms with Gasteiger partial charge in [0.05, 0.1) is 26.2 Å². The molecule has 3 aromatic carbocycles. The van der Waals surface area contributed by atoms with Gasteiger partial charge in [-0.25, -0.2) is 9.79 Å². The third kappa shape index (κ3) is 5.76. The van der Waals surface area contributed by atoms with Crippen LogP contribution < -0.4 is 10.1 Å². The van der Waals surface area contributed by atoms with Crippen molar-refractivity contribution in [2.24, 2.45) is 4.99 Å². The Labute approximate surface area is 203 Å². The monoisotopic (exact) mass is 498 g/mol. The second-order valence-corrected chi connectivity index (χ2v) is 8.77. The van der Waals surface area contributed by atoms with Gasteiger partial charge in [0.25, 0.3) is 5.91 Å². The first-order valence-electron chi connectivity index (χ1n) is 9.68. The molecule has 0 spiro atoms. The highest BCUT2D eigenvalue weighted by Crippen LogP contribution is 2.36.